The van der Waals surface area contributed by atoms with Gasteiger partial charge in [0, 0.05) is 20.1 Å². The summed E-state index contributed by atoms with van der Waals surface area (Å²) < 4.78 is 40.6. The van der Waals surface area contributed by atoms with Gasteiger partial charge in [-0.3, -0.25) is 0 Å². The Hall–Kier alpha value is -2.05. The van der Waals surface area contributed by atoms with E-state index in [1.807, 2.05) is 27.7 Å². The van der Waals surface area contributed by atoms with E-state index in [1.165, 1.54) is 19.2 Å². The van der Waals surface area contributed by atoms with Crippen LogP contribution >= 0.6 is 0 Å². The maximum Gasteiger partial charge on any atom is 0.206 e. The minimum atomic E-state index is -3.54. The standard InChI is InChI=1S/C17H20O5S.2C2H6/c1-20-12-3-13-22-15-6-10-17(11-7-15)23(18,19)16-8-4-14(21-2)5-9-16;2*1-2/h4-11H,3,12-13H2,1-2H3;2*1-2H3. The molecule has 2 aromatic rings. The van der Waals surface area contributed by atoms with E-state index in [4.69, 9.17) is 14.2 Å². The van der Waals surface area contributed by atoms with Crippen molar-refractivity contribution in [3.8, 4) is 11.5 Å². The van der Waals surface area contributed by atoms with Gasteiger partial charge < -0.3 is 14.2 Å². The molecule has 2 aromatic carbocycles. The molecule has 0 spiro atoms. The van der Waals surface area contributed by atoms with Gasteiger partial charge in [-0.15, -0.1) is 0 Å². The van der Waals surface area contributed by atoms with Crippen molar-refractivity contribution in [3.05, 3.63) is 48.5 Å². The summed E-state index contributed by atoms with van der Waals surface area (Å²) in [6.45, 7) is 9.16. The largest absolute Gasteiger partial charge is 0.497 e. The molecule has 0 aliphatic rings. The van der Waals surface area contributed by atoms with Crippen molar-refractivity contribution in [2.45, 2.75) is 43.9 Å². The topological polar surface area (TPSA) is 61.8 Å². The summed E-state index contributed by atoms with van der Waals surface area (Å²) in [5.74, 6) is 1.25. The number of hydrogen-bond acceptors (Lipinski definition) is 5. The summed E-state index contributed by atoms with van der Waals surface area (Å²) in [4.78, 5) is 0.457. The minimum Gasteiger partial charge on any atom is -0.497 e. The van der Waals surface area contributed by atoms with E-state index in [2.05, 4.69) is 0 Å². The third-order valence-corrected chi connectivity index (χ3v) is 5.05. The van der Waals surface area contributed by atoms with Crippen LogP contribution in [-0.2, 0) is 14.6 Å². The summed E-state index contributed by atoms with van der Waals surface area (Å²) >= 11 is 0. The summed E-state index contributed by atoms with van der Waals surface area (Å²) in [6, 6.07) is 12.7. The van der Waals surface area contributed by atoms with Crippen LogP contribution in [-0.4, -0.2) is 35.9 Å². The van der Waals surface area contributed by atoms with Crippen LogP contribution in [0.3, 0.4) is 0 Å². The highest BCUT2D eigenvalue weighted by molar-refractivity contribution is 7.91. The Labute approximate surface area is 164 Å². The first-order valence-corrected chi connectivity index (χ1v) is 10.7. The van der Waals surface area contributed by atoms with Crippen LogP contribution in [0.15, 0.2) is 58.3 Å². The van der Waals surface area contributed by atoms with Crippen molar-refractivity contribution in [1.29, 1.82) is 0 Å². The zero-order valence-corrected chi connectivity index (χ0v) is 18.0. The molecule has 5 nitrogen and oxygen atoms in total. The molecule has 0 atom stereocenters. The van der Waals surface area contributed by atoms with Gasteiger partial charge in [-0.05, 0) is 48.5 Å². The van der Waals surface area contributed by atoms with Crippen molar-refractivity contribution in [2.24, 2.45) is 0 Å². The molecule has 0 saturated heterocycles. The Morgan fingerprint density at radius 2 is 1.15 bits per heavy atom. The lowest BCUT2D eigenvalue weighted by Gasteiger charge is -2.08. The van der Waals surface area contributed by atoms with Crippen LogP contribution in [0, 0.1) is 0 Å². The minimum absolute atomic E-state index is 0.229. The molecule has 0 aromatic heterocycles. The average Bonchev–Trinajstić information content (AvgIpc) is 2.74. The molecular formula is C21H32O5S. The molecule has 0 heterocycles. The molecule has 152 valence electrons. The van der Waals surface area contributed by atoms with Crippen LogP contribution in [0.2, 0.25) is 0 Å². The van der Waals surface area contributed by atoms with Gasteiger partial charge in [0.05, 0.1) is 23.5 Å². The molecular weight excluding hydrogens is 364 g/mol. The Morgan fingerprint density at radius 3 is 1.56 bits per heavy atom. The number of rotatable bonds is 8. The summed E-state index contributed by atoms with van der Waals surface area (Å²) in [7, 11) is -0.367. The monoisotopic (exact) mass is 396 g/mol. The molecule has 0 N–H and O–H groups in total. The molecule has 0 aliphatic heterocycles. The van der Waals surface area contributed by atoms with Crippen molar-refractivity contribution >= 4 is 9.84 Å². The highest BCUT2D eigenvalue weighted by Crippen LogP contribution is 2.24. The van der Waals surface area contributed by atoms with Gasteiger partial charge in [0.15, 0.2) is 0 Å². The van der Waals surface area contributed by atoms with E-state index < -0.39 is 9.84 Å². The molecule has 0 unspecified atom stereocenters. The average molecular weight is 397 g/mol. The van der Waals surface area contributed by atoms with Crippen LogP contribution in [0.5, 0.6) is 11.5 Å². The first-order chi connectivity index (χ1) is 13.1. The third-order valence-electron chi connectivity index (χ3n) is 3.27. The van der Waals surface area contributed by atoms with E-state index >= 15 is 0 Å². The van der Waals surface area contributed by atoms with E-state index in [-0.39, 0.29) is 9.79 Å². The van der Waals surface area contributed by atoms with Crippen molar-refractivity contribution in [2.75, 3.05) is 27.4 Å². The van der Waals surface area contributed by atoms with Gasteiger partial charge in [0.25, 0.3) is 0 Å². The quantitative estimate of drug-likeness (QED) is 0.588. The van der Waals surface area contributed by atoms with Crippen LogP contribution < -0.4 is 9.47 Å². The zero-order chi connectivity index (χ0) is 20.7. The lowest BCUT2D eigenvalue weighted by atomic mass is 10.3. The van der Waals surface area contributed by atoms with Gasteiger partial charge in [-0.2, -0.15) is 0 Å². The van der Waals surface area contributed by atoms with Gasteiger partial charge in [-0.25, -0.2) is 8.42 Å². The summed E-state index contributed by atoms with van der Waals surface area (Å²) in [5, 5.41) is 0. The predicted octanol–water partition coefficient (Wildman–Crippen LogP) is 5.00. The van der Waals surface area contributed by atoms with E-state index in [0.717, 1.165) is 6.42 Å². The molecule has 0 saturated carbocycles. The second-order valence-corrected chi connectivity index (χ2v) is 6.79. The van der Waals surface area contributed by atoms with E-state index in [9.17, 15) is 8.42 Å². The SMILES string of the molecule is CC.CC.COCCCOc1ccc(S(=O)(=O)c2ccc(OC)cc2)cc1. The smallest absolute Gasteiger partial charge is 0.206 e. The van der Waals surface area contributed by atoms with Crippen LogP contribution in [0.4, 0.5) is 0 Å². The number of hydrogen-bond donors (Lipinski definition) is 0. The number of ether oxygens (including phenoxy) is 3. The Morgan fingerprint density at radius 1 is 0.704 bits per heavy atom. The van der Waals surface area contributed by atoms with Gasteiger partial charge >= 0.3 is 0 Å². The maximum absolute atomic E-state index is 12.5. The van der Waals surface area contributed by atoms with Gasteiger partial charge in [0.2, 0.25) is 9.84 Å². The molecule has 0 amide bonds. The molecule has 6 heteroatoms. The molecule has 0 radical (unpaired) electrons. The molecule has 0 bridgehead atoms. The molecule has 2 rings (SSSR count). The summed E-state index contributed by atoms with van der Waals surface area (Å²) in [6.07, 6.45) is 0.780. The van der Waals surface area contributed by atoms with Gasteiger partial charge in [-0.1, -0.05) is 27.7 Å². The number of sulfone groups is 1. The van der Waals surface area contributed by atoms with Crippen LogP contribution in [0.25, 0.3) is 0 Å². The zero-order valence-electron chi connectivity index (χ0n) is 17.2. The third kappa shape index (κ3) is 8.01. The van der Waals surface area contributed by atoms with Gasteiger partial charge in [0.1, 0.15) is 11.5 Å². The molecule has 27 heavy (non-hydrogen) atoms. The van der Waals surface area contributed by atoms with E-state index in [0.29, 0.717) is 24.7 Å². The molecule has 0 aliphatic carbocycles. The van der Waals surface area contributed by atoms with Crippen LogP contribution in [0.1, 0.15) is 34.1 Å². The highest BCUT2D eigenvalue weighted by Gasteiger charge is 2.17. The number of benzene rings is 2. The Bertz CT molecular complexity index is 707. The lowest BCUT2D eigenvalue weighted by Crippen LogP contribution is -2.03. The summed E-state index contributed by atoms with van der Waals surface area (Å²) in [5.41, 5.74) is 0. The predicted molar refractivity (Wildman–Crippen MR) is 110 cm³/mol. The maximum atomic E-state index is 12.5. The van der Waals surface area contributed by atoms with Crippen molar-refractivity contribution in [3.63, 3.8) is 0 Å². The highest BCUT2D eigenvalue weighted by atomic mass is 32.2. The lowest BCUT2D eigenvalue weighted by molar-refractivity contribution is 0.172. The second-order valence-electron chi connectivity index (χ2n) is 4.85. The second kappa shape index (κ2) is 14.1. The van der Waals surface area contributed by atoms with E-state index in [1.54, 1.807) is 43.5 Å². The first-order valence-electron chi connectivity index (χ1n) is 9.19. The number of methoxy groups -OCH3 is 2. The fraction of sp³-hybridized carbons (Fsp3) is 0.429. The fourth-order valence-corrected chi connectivity index (χ4v) is 3.26. The molecule has 0 fully saturated rings. The fourth-order valence-electron chi connectivity index (χ4n) is 2.00. The first kappa shape index (κ1) is 24.9. The normalized spacial score (nSPS) is 10.0. The van der Waals surface area contributed by atoms with Crippen molar-refractivity contribution in [1.82, 2.24) is 0 Å². The van der Waals surface area contributed by atoms with Crippen molar-refractivity contribution < 1.29 is 22.6 Å². The Kier molecular flexibility index (Phi) is 13.0. The Balaban J connectivity index is 0.00000158.